The van der Waals surface area contributed by atoms with E-state index in [1.807, 2.05) is 0 Å². The molecule has 96 heavy (non-hydrogen) atoms. The number of fused-ring (bicyclic) bond motifs is 16. The van der Waals surface area contributed by atoms with Gasteiger partial charge in [0.2, 0.25) is 69.0 Å². The van der Waals surface area contributed by atoms with E-state index >= 15 is 0 Å². The van der Waals surface area contributed by atoms with Gasteiger partial charge in [-0.25, -0.2) is 0 Å². The number of nitriles is 4. The first-order valence-electron chi connectivity index (χ1n) is 25.4. The van der Waals surface area contributed by atoms with Crippen molar-refractivity contribution < 1.29 is 97.7 Å². The van der Waals surface area contributed by atoms with Crippen LogP contribution < -0.4 is 37.9 Å². The highest BCUT2D eigenvalue weighted by molar-refractivity contribution is 5.70. The molecule has 488 valence electrons. The number of hydrogen-bond acceptors (Lipinski definition) is 32. The number of phenols is 4. The maximum absolute atomic E-state index is 11.7. The van der Waals surface area contributed by atoms with E-state index in [0.29, 0.717) is 24.3 Å². The number of nitro benzene ring substituents is 8. The molecule has 40 nitrogen and oxygen atoms in total. The molecule has 0 aromatic heterocycles. The minimum absolute atomic E-state index is 0.492. The predicted octanol–water partition coefficient (Wildman–Crippen LogP) is 14.5. The van der Waals surface area contributed by atoms with E-state index in [1.54, 1.807) is 24.3 Å². The van der Waals surface area contributed by atoms with Crippen LogP contribution in [0.2, 0.25) is 0 Å². The summed E-state index contributed by atoms with van der Waals surface area (Å²) in [7, 11) is 0. The Balaban J connectivity index is 0.000000298. The molecular formula is C56H36N12O28. The third-order valence-corrected chi connectivity index (χ3v) is 11.3. The van der Waals surface area contributed by atoms with Gasteiger partial charge in [-0.1, -0.05) is 24.3 Å². The molecule has 0 fully saturated rings. The number of rotatable bonds is 8. The van der Waals surface area contributed by atoms with Gasteiger partial charge < -0.3 is 58.3 Å². The highest BCUT2D eigenvalue weighted by atomic mass is 16.7. The number of ether oxygens (including phenoxy) is 8. The molecule has 8 aromatic rings. The molecular weight excluding hydrogens is 1290 g/mol. The lowest BCUT2D eigenvalue weighted by Crippen LogP contribution is -2.01. The Morgan fingerprint density at radius 2 is 0.354 bits per heavy atom. The lowest BCUT2D eigenvalue weighted by Gasteiger charge is -2.16. The molecule has 10 rings (SSSR count). The van der Waals surface area contributed by atoms with E-state index in [1.165, 1.54) is 52.0 Å². The van der Waals surface area contributed by atoms with Crippen molar-refractivity contribution in [1.29, 1.82) is 21.0 Å². The average molecular weight is 1320 g/mol. The summed E-state index contributed by atoms with van der Waals surface area (Å²) in [6.45, 7) is 5.72. The maximum Gasteiger partial charge on any atom is 0.318 e. The van der Waals surface area contributed by atoms with Crippen LogP contribution in [-0.4, -0.2) is 59.8 Å². The highest BCUT2D eigenvalue weighted by Crippen LogP contribution is 2.54. The van der Waals surface area contributed by atoms with Gasteiger partial charge >= 0.3 is 45.5 Å². The largest absolute Gasteiger partial charge is 0.502 e. The van der Waals surface area contributed by atoms with E-state index in [2.05, 4.69) is 0 Å². The van der Waals surface area contributed by atoms with Gasteiger partial charge in [0.15, 0.2) is 46.0 Å². The molecule has 16 bridgehead atoms. The van der Waals surface area contributed by atoms with Crippen LogP contribution in [0.4, 0.5) is 45.5 Å². The van der Waals surface area contributed by atoms with Gasteiger partial charge in [0.1, 0.15) is 24.3 Å². The number of hydrogen-bond donors (Lipinski definition) is 4. The molecule has 0 aliphatic carbocycles. The van der Waals surface area contributed by atoms with Crippen LogP contribution in [0.5, 0.6) is 115 Å². The number of para-hydroxylation sites is 4. The standard InChI is InChI=1S/2C24H12N4O14.4C2H3N/c2*29-23-15-3-1-4-16(23)40-20-10-22(14(28(37)38)8-12(20)26(33)34)42-18-6-2-5-17(24(18)30)41-21-9-19(39-15)11(25(31)32)7-13(21)27(35)36;4*1-2-3/h2*1-10,29-30H;4*1H3. The number of benzene rings is 8. The van der Waals surface area contributed by atoms with Crippen molar-refractivity contribution in [2.45, 2.75) is 27.7 Å². The molecule has 0 amide bonds. The Morgan fingerprint density at radius 3 is 0.448 bits per heavy atom. The van der Waals surface area contributed by atoms with E-state index < -0.39 is 200 Å². The summed E-state index contributed by atoms with van der Waals surface area (Å²) in [4.78, 5) is 86.0. The lowest BCUT2D eigenvalue weighted by molar-refractivity contribution is -0.395. The van der Waals surface area contributed by atoms with Crippen molar-refractivity contribution in [3.63, 3.8) is 0 Å². The maximum atomic E-state index is 11.7. The third kappa shape index (κ3) is 16.6. The van der Waals surface area contributed by atoms with Crippen molar-refractivity contribution in [3.05, 3.63) is 202 Å². The fourth-order valence-corrected chi connectivity index (χ4v) is 7.57. The molecule has 0 spiro atoms. The van der Waals surface area contributed by atoms with E-state index in [9.17, 15) is 101 Å². The molecule has 0 saturated heterocycles. The molecule has 40 heteroatoms. The van der Waals surface area contributed by atoms with Gasteiger partial charge in [0.05, 0.1) is 63.7 Å². The van der Waals surface area contributed by atoms with Crippen LogP contribution >= 0.6 is 0 Å². The molecule has 0 unspecified atom stereocenters. The van der Waals surface area contributed by atoms with Crippen molar-refractivity contribution in [2.75, 3.05) is 0 Å². The summed E-state index contributed by atoms with van der Waals surface area (Å²) in [5.74, 6) is -12.4. The van der Waals surface area contributed by atoms with Gasteiger partial charge in [-0.2, -0.15) is 21.0 Å². The summed E-state index contributed by atoms with van der Waals surface area (Å²) in [6, 6.07) is 26.2. The molecule has 2 heterocycles. The van der Waals surface area contributed by atoms with Gasteiger partial charge in [-0.15, -0.1) is 0 Å². The predicted molar refractivity (Wildman–Crippen MR) is 317 cm³/mol. The Hall–Kier alpha value is -15.5. The first-order valence-corrected chi connectivity index (χ1v) is 25.4. The summed E-state index contributed by atoms with van der Waals surface area (Å²) in [5, 5.41) is 166. The second kappa shape index (κ2) is 31.6. The summed E-state index contributed by atoms with van der Waals surface area (Å²) < 4.78 is 44.0. The normalized spacial score (nSPS) is 10.5. The van der Waals surface area contributed by atoms with Crippen molar-refractivity contribution in [1.82, 2.24) is 0 Å². The SMILES string of the molecule is CC#N.CC#N.CC#N.CC#N.O=[N+]([O-])c1cc([N+](=O)[O-])c2cc1Oc1cccc(c1O)Oc1cc(c([N+](=O)[O-])cc1[N+](=O)[O-])Oc1cccc(c1O)O2.O=[N+]([O-])c1cc([N+](=O)[O-])c2cc1Oc1cccc(c1O)Oc1cc(c([N+](=O)[O-])cc1[N+](=O)[O-])Oc1cccc(c1O)O2. The lowest BCUT2D eigenvalue weighted by atomic mass is 10.2. The van der Waals surface area contributed by atoms with Gasteiger partial charge in [0.25, 0.3) is 0 Å². The van der Waals surface area contributed by atoms with Crippen LogP contribution in [-0.2, 0) is 0 Å². The quantitative estimate of drug-likeness (QED) is 0.0810. The summed E-state index contributed by atoms with van der Waals surface area (Å²) in [5.41, 5.74) is -7.24. The summed E-state index contributed by atoms with van der Waals surface area (Å²) in [6.07, 6.45) is 0. The minimum atomic E-state index is -0.991. The molecule has 8 aromatic carbocycles. The van der Waals surface area contributed by atoms with Gasteiger partial charge in [-0.05, 0) is 48.5 Å². The second-order valence-corrected chi connectivity index (χ2v) is 17.3. The van der Waals surface area contributed by atoms with E-state index in [-0.39, 0.29) is 0 Å². The van der Waals surface area contributed by atoms with Crippen LogP contribution in [0.25, 0.3) is 0 Å². The zero-order valence-electron chi connectivity index (χ0n) is 48.5. The number of nitrogens with zero attached hydrogens (tertiary/aromatic N) is 12. The van der Waals surface area contributed by atoms with Crippen LogP contribution in [0, 0.1) is 126 Å². The highest BCUT2D eigenvalue weighted by Gasteiger charge is 2.35. The Morgan fingerprint density at radius 1 is 0.250 bits per heavy atom. The van der Waals surface area contributed by atoms with Crippen LogP contribution in [0.1, 0.15) is 27.7 Å². The van der Waals surface area contributed by atoms with Crippen molar-refractivity contribution in [2.24, 2.45) is 0 Å². The number of nitro groups is 8. The van der Waals surface area contributed by atoms with Crippen LogP contribution in [0.15, 0.2) is 121 Å². The van der Waals surface area contributed by atoms with E-state index in [4.69, 9.17) is 58.9 Å². The topological polar surface area (TPSA) is 595 Å². The van der Waals surface area contributed by atoms with E-state index in [0.717, 1.165) is 72.8 Å². The molecule has 4 N–H and O–H groups in total. The Labute approximate surface area is 532 Å². The monoisotopic (exact) mass is 1320 g/mol. The average Bonchev–Trinajstić information content (AvgIpc) is 0.794. The summed E-state index contributed by atoms with van der Waals surface area (Å²) >= 11 is 0. The molecule has 0 saturated carbocycles. The molecule has 0 radical (unpaired) electrons. The van der Waals surface area contributed by atoms with Crippen molar-refractivity contribution >= 4 is 45.5 Å². The third-order valence-electron chi connectivity index (χ3n) is 11.3. The molecule has 2 aliphatic rings. The molecule has 2 aliphatic heterocycles. The van der Waals surface area contributed by atoms with Crippen LogP contribution in [0.3, 0.4) is 0 Å². The smallest absolute Gasteiger partial charge is 0.318 e. The Bertz CT molecular complexity index is 3840. The first kappa shape index (κ1) is 71.3. The number of phenolic OH excluding ortho intramolecular Hbond substituents is 4. The van der Waals surface area contributed by atoms with Crippen molar-refractivity contribution in [3.8, 4) is 139 Å². The second-order valence-electron chi connectivity index (χ2n) is 17.3. The fourth-order valence-electron chi connectivity index (χ4n) is 7.57. The minimum Gasteiger partial charge on any atom is -0.502 e. The van der Waals surface area contributed by atoms with Gasteiger partial charge in [-0.3, -0.25) is 80.9 Å². The first-order chi connectivity index (χ1) is 45.5. The Kier molecular flexibility index (Phi) is 23.5. The fraction of sp³-hybridized carbons (Fsp3) is 0.0714. The zero-order chi connectivity index (χ0) is 71.4. The van der Waals surface area contributed by atoms with Gasteiger partial charge in [0, 0.05) is 52.0 Å². The zero-order valence-corrected chi connectivity index (χ0v) is 48.5. The molecule has 0 atom stereocenters. The number of aromatic hydroxyl groups is 4.